The minimum absolute atomic E-state index is 0.366. The molecule has 2 aromatic rings. The van der Waals surface area contributed by atoms with Crippen LogP contribution in [0.5, 0.6) is 0 Å². The third kappa shape index (κ3) is 6.39. The molecular weight excluding hydrogens is 274 g/mol. The van der Waals surface area contributed by atoms with Crippen LogP contribution in [0.3, 0.4) is 0 Å². The van der Waals surface area contributed by atoms with Gasteiger partial charge in [0.15, 0.2) is 0 Å². The van der Waals surface area contributed by atoms with Crippen LogP contribution < -0.4 is 0 Å². The van der Waals surface area contributed by atoms with E-state index >= 15 is 0 Å². The summed E-state index contributed by atoms with van der Waals surface area (Å²) >= 11 is 0. The molecule has 0 fully saturated rings. The Hall–Kier alpha value is -1.68. The van der Waals surface area contributed by atoms with Crippen molar-refractivity contribution in [3.63, 3.8) is 0 Å². The normalized spacial score (nSPS) is 12.5. The number of hydrogen-bond acceptors (Lipinski definition) is 3. The molecule has 0 saturated carbocycles. The first-order valence-electron chi connectivity index (χ1n) is 7.76. The van der Waals surface area contributed by atoms with Gasteiger partial charge in [-0.15, -0.1) is 0 Å². The van der Waals surface area contributed by atoms with Crippen molar-refractivity contribution in [2.24, 2.45) is 0 Å². The lowest BCUT2D eigenvalue weighted by atomic mass is 10.1. The summed E-state index contributed by atoms with van der Waals surface area (Å²) in [6, 6.07) is 20.4. The fraction of sp³-hybridized carbons (Fsp3) is 0.368. The minimum Gasteiger partial charge on any atom is -0.389 e. The van der Waals surface area contributed by atoms with Gasteiger partial charge in [-0.3, -0.25) is 0 Å². The van der Waals surface area contributed by atoms with Crippen LogP contribution in [0.4, 0.5) is 0 Å². The van der Waals surface area contributed by atoms with Gasteiger partial charge in [0.1, 0.15) is 0 Å². The molecule has 1 atom stereocenters. The van der Waals surface area contributed by atoms with Crippen molar-refractivity contribution in [2.75, 3.05) is 26.7 Å². The molecule has 0 aliphatic rings. The Labute approximate surface area is 133 Å². The molecule has 0 aliphatic heterocycles. The number of benzene rings is 2. The molecule has 2 aromatic carbocycles. The van der Waals surface area contributed by atoms with E-state index in [9.17, 15) is 5.11 Å². The van der Waals surface area contributed by atoms with Gasteiger partial charge in [-0.2, -0.15) is 0 Å². The van der Waals surface area contributed by atoms with E-state index in [0.717, 1.165) is 18.5 Å². The zero-order chi connectivity index (χ0) is 15.6. The second kappa shape index (κ2) is 9.36. The van der Waals surface area contributed by atoms with Crippen molar-refractivity contribution in [1.82, 2.24) is 4.90 Å². The maximum absolute atomic E-state index is 10.0. The number of rotatable bonds is 9. The average Bonchev–Trinajstić information content (AvgIpc) is 2.55. The highest BCUT2D eigenvalue weighted by Crippen LogP contribution is 2.03. The smallest absolute Gasteiger partial charge is 0.0900 e. The molecule has 1 N–H and O–H groups in total. The molecule has 118 valence electrons. The SMILES string of the molecule is CN(CCc1ccccc1)CC(O)COCc1ccccc1. The number of ether oxygens (including phenoxy) is 1. The summed E-state index contributed by atoms with van der Waals surface area (Å²) in [5, 5.41) is 10.0. The number of nitrogens with zero attached hydrogens (tertiary/aromatic N) is 1. The summed E-state index contributed by atoms with van der Waals surface area (Å²) < 4.78 is 5.57. The van der Waals surface area contributed by atoms with E-state index in [4.69, 9.17) is 4.74 Å². The topological polar surface area (TPSA) is 32.7 Å². The van der Waals surface area contributed by atoms with Crippen LogP contribution in [-0.2, 0) is 17.8 Å². The summed E-state index contributed by atoms with van der Waals surface area (Å²) in [6.07, 6.45) is 0.541. The third-order valence-electron chi connectivity index (χ3n) is 3.57. The predicted molar refractivity (Wildman–Crippen MR) is 89.7 cm³/mol. The second-order valence-corrected chi connectivity index (χ2v) is 5.65. The lowest BCUT2D eigenvalue weighted by Crippen LogP contribution is -2.33. The van der Waals surface area contributed by atoms with E-state index in [0.29, 0.717) is 19.8 Å². The summed E-state index contributed by atoms with van der Waals surface area (Å²) in [6.45, 7) is 2.47. The number of hydrogen-bond donors (Lipinski definition) is 1. The van der Waals surface area contributed by atoms with Crippen molar-refractivity contribution < 1.29 is 9.84 Å². The highest BCUT2D eigenvalue weighted by Gasteiger charge is 2.08. The van der Waals surface area contributed by atoms with Crippen molar-refractivity contribution in [1.29, 1.82) is 0 Å². The van der Waals surface area contributed by atoms with Crippen molar-refractivity contribution in [2.45, 2.75) is 19.1 Å². The molecule has 0 aromatic heterocycles. The van der Waals surface area contributed by atoms with Crippen LogP contribution >= 0.6 is 0 Å². The molecule has 0 aliphatic carbocycles. The van der Waals surface area contributed by atoms with Gasteiger partial charge >= 0.3 is 0 Å². The number of aliphatic hydroxyl groups excluding tert-OH is 1. The van der Waals surface area contributed by atoms with Crippen molar-refractivity contribution >= 4 is 0 Å². The van der Waals surface area contributed by atoms with Gasteiger partial charge in [0.05, 0.1) is 19.3 Å². The van der Waals surface area contributed by atoms with E-state index in [2.05, 4.69) is 29.2 Å². The van der Waals surface area contributed by atoms with Crippen LogP contribution in [0.15, 0.2) is 60.7 Å². The summed E-state index contributed by atoms with van der Waals surface area (Å²) in [7, 11) is 2.03. The van der Waals surface area contributed by atoms with Crippen LogP contribution in [0.25, 0.3) is 0 Å². The molecule has 0 radical (unpaired) electrons. The third-order valence-corrected chi connectivity index (χ3v) is 3.57. The first-order valence-corrected chi connectivity index (χ1v) is 7.76. The van der Waals surface area contributed by atoms with Crippen LogP contribution in [0.1, 0.15) is 11.1 Å². The average molecular weight is 299 g/mol. The molecule has 3 nitrogen and oxygen atoms in total. The highest BCUT2D eigenvalue weighted by atomic mass is 16.5. The number of aliphatic hydroxyl groups is 1. The Bertz CT molecular complexity index is 515. The largest absolute Gasteiger partial charge is 0.389 e. The highest BCUT2D eigenvalue weighted by molar-refractivity contribution is 5.15. The molecule has 0 amide bonds. The van der Waals surface area contributed by atoms with E-state index in [-0.39, 0.29) is 0 Å². The quantitative estimate of drug-likeness (QED) is 0.773. The number of likely N-dealkylation sites (N-methyl/N-ethyl adjacent to an activating group) is 1. The van der Waals surface area contributed by atoms with Crippen LogP contribution in [-0.4, -0.2) is 42.9 Å². The fourth-order valence-electron chi connectivity index (χ4n) is 2.36. The molecule has 0 spiro atoms. The molecule has 3 heteroatoms. The Kier molecular flexibility index (Phi) is 7.10. The van der Waals surface area contributed by atoms with E-state index < -0.39 is 6.10 Å². The predicted octanol–water partition coefficient (Wildman–Crippen LogP) is 2.74. The van der Waals surface area contributed by atoms with Gasteiger partial charge in [0.2, 0.25) is 0 Å². The minimum atomic E-state index is -0.454. The maximum atomic E-state index is 10.0. The monoisotopic (exact) mass is 299 g/mol. The van der Waals surface area contributed by atoms with E-state index in [1.807, 2.05) is 43.4 Å². The Morgan fingerprint density at radius 2 is 1.55 bits per heavy atom. The molecule has 0 saturated heterocycles. The molecule has 22 heavy (non-hydrogen) atoms. The Balaban J connectivity index is 1.60. The van der Waals surface area contributed by atoms with Crippen LogP contribution in [0, 0.1) is 0 Å². The van der Waals surface area contributed by atoms with Gasteiger partial charge in [-0.1, -0.05) is 60.7 Å². The van der Waals surface area contributed by atoms with Crippen molar-refractivity contribution in [3.8, 4) is 0 Å². The first kappa shape index (κ1) is 16.7. The fourth-order valence-corrected chi connectivity index (χ4v) is 2.36. The van der Waals surface area contributed by atoms with Crippen LogP contribution in [0.2, 0.25) is 0 Å². The van der Waals surface area contributed by atoms with Crippen molar-refractivity contribution in [3.05, 3.63) is 71.8 Å². The van der Waals surface area contributed by atoms with E-state index in [1.54, 1.807) is 0 Å². The molecule has 0 bridgehead atoms. The van der Waals surface area contributed by atoms with Gasteiger partial charge in [0, 0.05) is 13.1 Å². The lowest BCUT2D eigenvalue weighted by Gasteiger charge is -2.20. The first-order chi connectivity index (χ1) is 10.7. The second-order valence-electron chi connectivity index (χ2n) is 5.65. The zero-order valence-corrected chi connectivity index (χ0v) is 13.2. The van der Waals surface area contributed by atoms with Gasteiger partial charge in [-0.05, 0) is 24.6 Å². The Morgan fingerprint density at radius 3 is 2.18 bits per heavy atom. The standard InChI is InChI=1S/C19H25NO2/c1-20(13-12-17-8-4-2-5-9-17)14-19(21)16-22-15-18-10-6-3-7-11-18/h2-11,19,21H,12-16H2,1H3. The van der Waals surface area contributed by atoms with Gasteiger partial charge in [0.25, 0.3) is 0 Å². The maximum Gasteiger partial charge on any atom is 0.0900 e. The van der Waals surface area contributed by atoms with Gasteiger partial charge < -0.3 is 14.7 Å². The Morgan fingerprint density at radius 1 is 0.955 bits per heavy atom. The zero-order valence-electron chi connectivity index (χ0n) is 13.2. The summed E-state index contributed by atoms with van der Waals surface area (Å²) in [5.74, 6) is 0. The van der Waals surface area contributed by atoms with Gasteiger partial charge in [-0.25, -0.2) is 0 Å². The molecular formula is C19H25NO2. The lowest BCUT2D eigenvalue weighted by molar-refractivity contribution is 0.0139. The molecule has 1 unspecified atom stereocenters. The summed E-state index contributed by atoms with van der Waals surface area (Å²) in [4.78, 5) is 2.14. The molecule has 2 rings (SSSR count). The molecule has 0 heterocycles. The summed E-state index contributed by atoms with van der Waals surface area (Å²) in [5.41, 5.74) is 2.45. The van der Waals surface area contributed by atoms with E-state index in [1.165, 1.54) is 5.56 Å².